The Morgan fingerprint density at radius 3 is 2.33 bits per heavy atom. The quantitative estimate of drug-likeness (QED) is 0.223. The molecule has 0 spiro atoms. The number of benzene rings is 1. The molecule has 0 aromatic heterocycles. The Morgan fingerprint density at radius 1 is 1.03 bits per heavy atom. The summed E-state index contributed by atoms with van der Waals surface area (Å²) in [5.74, 6) is -0.647. The smallest absolute Gasteiger partial charge is 0.407 e. The molecule has 0 bridgehead atoms. The van der Waals surface area contributed by atoms with E-state index in [-0.39, 0.29) is 37.2 Å². The van der Waals surface area contributed by atoms with Crippen molar-refractivity contribution in [3.63, 3.8) is 0 Å². The van der Waals surface area contributed by atoms with Crippen molar-refractivity contribution < 1.29 is 28.2 Å². The maximum Gasteiger partial charge on any atom is 0.407 e. The van der Waals surface area contributed by atoms with Gasteiger partial charge in [-0.1, -0.05) is 69.4 Å². The van der Waals surface area contributed by atoms with Crippen molar-refractivity contribution in [1.29, 1.82) is 0 Å². The van der Waals surface area contributed by atoms with Crippen LogP contribution in [0.1, 0.15) is 63.9 Å². The summed E-state index contributed by atoms with van der Waals surface area (Å²) in [7, 11) is 0.0561. The average Bonchev–Trinajstić information content (AvgIpc) is 2.78. The molecule has 30 heavy (non-hydrogen) atoms. The number of hydrogen-bond acceptors (Lipinski definition) is 6. The second-order valence-electron chi connectivity index (χ2n) is 7.31. The van der Waals surface area contributed by atoms with Gasteiger partial charge in [-0.2, -0.15) is 0 Å². The predicted octanol–water partition coefficient (Wildman–Crippen LogP) is 4.90. The molecule has 8 heteroatoms. The molecule has 0 radical (unpaired) electrons. The van der Waals surface area contributed by atoms with Crippen molar-refractivity contribution in [2.24, 2.45) is 5.92 Å². The van der Waals surface area contributed by atoms with E-state index < -0.39 is 8.69 Å². The number of alkyl carbamates (subject to hydrolysis) is 1. The number of esters is 1. The Labute approximate surface area is 181 Å². The number of amides is 1. The van der Waals surface area contributed by atoms with Gasteiger partial charge in [0.2, 0.25) is 0 Å². The highest BCUT2D eigenvalue weighted by Gasteiger charge is 2.18. The number of methoxy groups -OCH3 is 1. The van der Waals surface area contributed by atoms with Gasteiger partial charge < -0.3 is 19.3 Å². The topological polar surface area (TPSA) is 90.9 Å². The predicted molar refractivity (Wildman–Crippen MR) is 118 cm³/mol. The second-order valence-corrected chi connectivity index (χ2v) is 7.83. The summed E-state index contributed by atoms with van der Waals surface area (Å²) in [5.41, 5.74) is 0.968. The number of ether oxygens (including phenoxy) is 2. The van der Waals surface area contributed by atoms with Crippen molar-refractivity contribution in [2.45, 2.75) is 70.9 Å². The zero-order valence-electron chi connectivity index (χ0n) is 18.1. The molecule has 0 saturated carbocycles. The third kappa shape index (κ3) is 12.0. The highest BCUT2D eigenvalue weighted by Crippen LogP contribution is 2.16. The number of hydrogen-bond donors (Lipinski definition) is 1. The van der Waals surface area contributed by atoms with E-state index in [9.17, 15) is 14.2 Å². The van der Waals surface area contributed by atoms with Crippen LogP contribution in [0.5, 0.6) is 0 Å². The van der Waals surface area contributed by atoms with E-state index in [0.29, 0.717) is 6.42 Å². The molecule has 1 rings (SSSR count). The van der Waals surface area contributed by atoms with E-state index in [1.54, 1.807) is 0 Å². The standard InChI is InChI=1S/C22H36NO6P/c1-3-20(23-22(25)28-16-18-12-8-7-9-13-18)15-11-6-4-5-10-14-19(17-29-30-26)21(24)27-2/h7-9,12-13,19-20H,3-6,10-11,14-17,30H2,1-2H3,(H,23,25). The van der Waals surface area contributed by atoms with Crippen LogP contribution in [0.3, 0.4) is 0 Å². The van der Waals surface area contributed by atoms with Gasteiger partial charge in [0.1, 0.15) is 6.61 Å². The number of nitrogens with one attached hydrogen (secondary N) is 1. The lowest BCUT2D eigenvalue weighted by Gasteiger charge is -2.17. The van der Waals surface area contributed by atoms with E-state index in [4.69, 9.17) is 14.0 Å². The molecule has 170 valence electrons. The third-order valence-corrected chi connectivity index (χ3v) is 5.36. The van der Waals surface area contributed by atoms with Crippen LogP contribution in [0, 0.1) is 5.92 Å². The monoisotopic (exact) mass is 441 g/mol. The lowest BCUT2D eigenvalue weighted by atomic mass is 10.00. The van der Waals surface area contributed by atoms with Gasteiger partial charge in [0.25, 0.3) is 0 Å². The van der Waals surface area contributed by atoms with Gasteiger partial charge in [-0.3, -0.25) is 9.36 Å². The fraction of sp³-hybridized carbons (Fsp3) is 0.636. The Morgan fingerprint density at radius 2 is 1.70 bits per heavy atom. The molecule has 1 N–H and O–H groups in total. The van der Waals surface area contributed by atoms with Gasteiger partial charge >= 0.3 is 12.1 Å². The molecule has 0 heterocycles. The van der Waals surface area contributed by atoms with E-state index >= 15 is 0 Å². The lowest BCUT2D eigenvalue weighted by Crippen LogP contribution is -2.34. The molecule has 0 aliphatic heterocycles. The summed E-state index contributed by atoms with van der Waals surface area (Å²) in [5, 5.41) is 2.94. The van der Waals surface area contributed by atoms with Crippen LogP contribution in [0.15, 0.2) is 30.3 Å². The molecule has 0 saturated heterocycles. The van der Waals surface area contributed by atoms with Crippen LogP contribution < -0.4 is 5.32 Å². The van der Waals surface area contributed by atoms with Gasteiger partial charge in [0.05, 0.1) is 19.6 Å². The summed E-state index contributed by atoms with van der Waals surface area (Å²) < 4.78 is 25.5. The number of unbranched alkanes of at least 4 members (excludes halogenated alkanes) is 4. The first-order chi connectivity index (χ1) is 14.6. The second kappa shape index (κ2) is 16.9. The molecule has 3 atom stereocenters. The van der Waals surface area contributed by atoms with Crippen molar-refractivity contribution in [2.75, 3.05) is 13.7 Å². The zero-order chi connectivity index (χ0) is 22.0. The van der Waals surface area contributed by atoms with Crippen molar-refractivity contribution >= 4 is 20.7 Å². The maximum atomic E-state index is 12.0. The molecule has 7 nitrogen and oxygen atoms in total. The average molecular weight is 442 g/mol. The first kappa shape index (κ1) is 26.2. The highest BCUT2D eigenvalue weighted by molar-refractivity contribution is 7.17. The largest absolute Gasteiger partial charge is 0.469 e. The van der Waals surface area contributed by atoms with Crippen LogP contribution in [0.4, 0.5) is 4.79 Å². The Kier molecular flexibility index (Phi) is 14.7. The summed E-state index contributed by atoms with van der Waals surface area (Å²) in [6, 6.07) is 9.73. The zero-order valence-corrected chi connectivity index (χ0v) is 19.3. The first-order valence-corrected chi connectivity index (χ1v) is 11.6. The van der Waals surface area contributed by atoms with Crippen molar-refractivity contribution in [3.8, 4) is 0 Å². The minimum atomic E-state index is -1.30. The summed E-state index contributed by atoms with van der Waals surface area (Å²) in [4.78, 5) is 23.6. The summed E-state index contributed by atoms with van der Waals surface area (Å²) in [6.07, 6.45) is 7.17. The highest BCUT2D eigenvalue weighted by atomic mass is 31.1. The molecule has 1 aromatic rings. The Bertz CT molecular complexity index is 613. The Balaban J connectivity index is 2.13. The van der Waals surface area contributed by atoms with Crippen LogP contribution in [0.25, 0.3) is 0 Å². The molecule has 0 fully saturated rings. The van der Waals surface area contributed by atoms with Crippen LogP contribution in [-0.4, -0.2) is 31.8 Å². The van der Waals surface area contributed by atoms with Gasteiger partial charge in [0, 0.05) is 6.04 Å². The first-order valence-electron chi connectivity index (χ1n) is 10.7. The molecule has 1 aromatic carbocycles. The van der Waals surface area contributed by atoms with Crippen LogP contribution in [0.2, 0.25) is 0 Å². The number of carbonyl (C=O) groups excluding carboxylic acids is 2. The molecular formula is C22H36NO6P. The summed E-state index contributed by atoms with van der Waals surface area (Å²) in [6.45, 7) is 2.49. The van der Waals surface area contributed by atoms with Crippen molar-refractivity contribution in [1.82, 2.24) is 5.32 Å². The normalized spacial score (nSPS) is 13.1. The third-order valence-electron chi connectivity index (χ3n) is 5.03. The van der Waals surface area contributed by atoms with E-state index in [1.165, 1.54) is 7.11 Å². The number of rotatable bonds is 16. The van der Waals surface area contributed by atoms with E-state index in [0.717, 1.165) is 50.5 Å². The van der Waals surface area contributed by atoms with Crippen molar-refractivity contribution in [3.05, 3.63) is 35.9 Å². The van der Waals surface area contributed by atoms with E-state index in [1.807, 2.05) is 30.3 Å². The minimum absolute atomic E-state index is 0.115. The molecule has 1 amide bonds. The minimum Gasteiger partial charge on any atom is -0.469 e. The SMILES string of the molecule is CCC(CCCCCCCC(CO[PH2]=O)C(=O)OC)NC(=O)OCc1ccccc1. The van der Waals surface area contributed by atoms with Gasteiger partial charge in [-0.25, -0.2) is 4.79 Å². The Hall–Kier alpha value is -1.85. The van der Waals surface area contributed by atoms with E-state index in [2.05, 4.69) is 12.2 Å². The number of carbonyl (C=O) groups is 2. The fourth-order valence-corrected chi connectivity index (χ4v) is 3.52. The molecule has 3 unspecified atom stereocenters. The lowest BCUT2D eigenvalue weighted by molar-refractivity contribution is -0.146. The van der Waals surface area contributed by atoms with Crippen LogP contribution >= 0.6 is 8.69 Å². The molecule has 0 aliphatic carbocycles. The molecule has 0 aliphatic rings. The van der Waals surface area contributed by atoms with Gasteiger partial charge in [-0.15, -0.1) is 0 Å². The van der Waals surface area contributed by atoms with Gasteiger partial charge in [0.15, 0.2) is 8.69 Å². The van der Waals surface area contributed by atoms with Gasteiger partial charge in [-0.05, 0) is 24.8 Å². The fourth-order valence-electron chi connectivity index (χ4n) is 3.21. The van der Waals surface area contributed by atoms with Crippen LogP contribution in [-0.2, 0) is 30.0 Å². The maximum absolute atomic E-state index is 12.0. The molecular weight excluding hydrogens is 405 g/mol. The summed E-state index contributed by atoms with van der Waals surface area (Å²) >= 11 is 0.